The summed E-state index contributed by atoms with van der Waals surface area (Å²) in [6.45, 7) is 3.73. The Kier molecular flexibility index (Phi) is 29.3. The zero-order valence-corrected chi connectivity index (χ0v) is 32.5. The highest BCUT2D eigenvalue weighted by atomic mass is 16.6. The second-order valence-electron chi connectivity index (χ2n) is 15.0. The standard InChI is InChI=1S/C42H76O9/c1-3-5-7-8-9-10-11-12-13-14-15-16-17-18-19-21-26-41(48)50-33-36(32-43)51-42(49)27-23-22-25-35(45)30-38-37(39(46)31-40(38)47)29-28-34(44)24-20-6-4-2/h28-29,34,36-40,43-44,46-47H,3-27,30-33H2,1-2H3/b29-28+/t34-,36-,37+,38+,39+,40-/m0/s1. The molecule has 51 heavy (non-hydrogen) atoms. The van der Waals surface area contributed by atoms with Crippen molar-refractivity contribution in [3.05, 3.63) is 12.2 Å². The van der Waals surface area contributed by atoms with Gasteiger partial charge in [-0.05, 0) is 25.7 Å². The first-order valence-corrected chi connectivity index (χ1v) is 20.9. The summed E-state index contributed by atoms with van der Waals surface area (Å²) in [4.78, 5) is 37.1. The summed E-state index contributed by atoms with van der Waals surface area (Å²) >= 11 is 0. The molecule has 9 heteroatoms. The molecule has 1 saturated carbocycles. The normalized spacial score (nSPS) is 20.1. The minimum absolute atomic E-state index is 0.0482. The Morgan fingerprint density at radius 3 is 1.73 bits per heavy atom. The molecular formula is C42H76O9. The molecule has 298 valence electrons. The van der Waals surface area contributed by atoms with E-state index in [0.29, 0.717) is 25.7 Å². The molecule has 1 aliphatic rings. The van der Waals surface area contributed by atoms with Crippen molar-refractivity contribution in [2.75, 3.05) is 13.2 Å². The van der Waals surface area contributed by atoms with Gasteiger partial charge in [0.25, 0.3) is 0 Å². The van der Waals surface area contributed by atoms with E-state index in [1.54, 1.807) is 12.2 Å². The number of aliphatic hydroxyl groups is 4. The number of rotatable bonds is 34. The van der Waals surface area contributed by atoms with Crippen molar-refractivity contribution in [1.29, 1.82) is 0 Å². The Morgan fingerprint density at radius 1 is 0.667 bits per heavy atom. The Hall–Kier alpha value is -1.81. The molecule has 0 bridgehead atoms. The molecule has 0 aliphatic heterocycles. The van der Waals surface area contributed by atoms with Crippen molar-refractivity contribution in [1.82, 2.24) is 0 Å². The van der Waals surface area contributed by atoms with Gasteiger partial charge in [-0.25, -0.2) is 0 Å². The summed E-state index contributed by atoms with van der Waals surface area (Å²) in [5.41, 5.74) is 0. The number of esters is 2. The molecule has 0 aromatic carbocycles. The highest BCUT2D eigenvalue weighted by Crippen LogP contribution is 2.36. The van der Waals surface area contributed by atoms with E-state index < -0.39 is 48.8 Å². The third-order valence-corrected chi connectivity index (χ3v) is 10.3. The zero-order valence-electron chi connectivity index (χ0n) is 32.5. The number of carbonyl (C=O) groups excluding carboxylic acids is 3. The van der Waals surface area contributed by atoms with Crippen LogP contribution in [0.2, 0.25) is 0 Å². The number of hydrogen-bond acceptors (Lipinski definition) is 9. The molecule has 6 atom stereocenters. The topological polar surface area (TPSA) is 151 Å². The van der Waals surface area contributed by atoms with E-state index in [-0.39, 0.29) is 44.0 Å². The molecule has 0 unspecified atom stereocenters. The van der Waals surface area contributed by atoms with Crippen molar-refractivity contribution in [2.45, 2.75) is 212 Å². The fourth-order valence-electron chi connectivity index (χ4n) is 7.02. The first kappa shape index (κ1) is 47.2. The Morgan fingerprint density at radius 2 is 1.16 bits per heavy atom. The molecule has 0 aromatic heterocycles. The van der Waals surface area contributed by atoms with E-state index >= 15 is 0 Å². The number of aliphatic hydroxyl groups excluding tert-OH is 4. The van der Waals surface area contributed by atoms with Gasteiger partial charge >= 0.3 is 11.9 Å². The number of hydrogen-bond donors (Lipinski definition) is 4. The van der Waals surface area contributed by atoms with Gasteiger partial charge in [-0.15, -0.1) is 0 Å². The van der Waals surface area contributed by atoms with Gasteiger partial charge in [-0.1, -0.05) is 142 Å². The molecule has 4 N–H and O–H groups in total. The highest BCUT2D eigenvalue weighted by molar-refractivity contribution is 5.79. The predicted octanol–water partition coefficient (Wildman–Crippen LogP) is 8.46. The van der Waals surface area contributed by atoms with Gasteiger partial charge in [0.1, 0.15) is 12.4 Å². The van der Waals surface area contributed by atoms with Crippen LogP contribution in [0.3, 0.4) is 0 Å². The fourth-order valence-corrected chi connectivity index (χ4v) is 7.02. The first-order chi connectivity index (χ1) is 24.7. The number of ether oxygens (including phenoxy) is 2. The maximum absolute atomic E-state index is 12.7. The predicted molar refractivity (Wildman–Crippen MR) is 203 cm³/mol. The van der Waals surface area contributed by atoms with Gasteiger partial charge < -0.3 is 29.9 Å². The minimum Gasteiger partial charge on any atom is -0.462 e. The van der Waals surface area contributed by atoms with E-state index in [4.69, 9.17) is 9.47 Å². The Labute approximate surface area is 310 Å². The summed E-state index contributed by atoms with van der Waals surface area (Å²) in [5.74, 6) is -1.72. The van der Waals surface area contributed by atoms with E-state index in [0.717, 1.165) is 38.5 Å². The van der Waals surface area contributed by atoms with Crippen LogP contribution in [-0.4, -0.2) is 75.8 Å². The largest absolute Gasteiger partial charge is 0.462 e. The van der Waals surface area contributed by atoms with Gasteiger partial charge in [0.15, 0.2) is 6.10 Å². The highest BCUT2D eigenvalue weighted by Gasteiger charge is 2.41. The third kappa shape index (κ3) is 25.0. The van der Waals surface area contributed by atoms with Crippen LogP contribution in [-0.2, 0) is 23.9 Å². The summed E-state index contributed by atoms with van der Waals surface area (Å²) in [6.07, 6.45) is 26.1. The molecule has 0 amide bonds. The van der Waals surface area contributed by atoms with Crippen LogP contribution >= 0.6 is 0 Å². The lowest BCUT2D eigenvalue weighted by Crippen LogP contribution is -2.28. The number of Topliss-reactive ketones (excluding diaryl/α,β-unsaturated/α-hetero) is 1. The van der Waals surface area contributed by atoms with Gasteiger partial charge in [-0.2, -0.15) is 0 Å². The number of unbranched alkanes of at least 4 members (excludes halogenated alkanes) is 18. The molecule has 1 rings (SSSR count). The summed E-state index contributed by atoms with van der Waals surface area (Å²) in [7, 11) is 0. The summed E-state index contributed by atoms with van der Waals surface area (Å²) in [5, 5.41) is 40.7. The van der Waals surface area contributed by atoms with Gasteiger partial charge in [0.2, 0.25) is 0 Å². The van der Waals surface area contributed by atoms with Crippen molar-refractivity contribution in [3.8, 4) is 0 Å². The monoisotopic (exact) mass is 725 g/mol. The lowest BCUT2D eigenvalue weighted by Gasteiger charge is -2.20. The maximum atomic E-state index is 12.7. The number of carbonyl (C=O) groups is 3. The minimum atomic E-state index is -0.917. The van der Waals surface area contributed by atoms with Crippen LogP contribution in [0, 0.1) is 11.8 Å². The second kappa shape index (κ2) is 31.7. The molecule has 9 nitrogen and oxygen atoms in total. The van der Waals surface area contributed by atoms with Crippen LogP contribution < -0.4 is 0 Å². The molecular weight excluding hydrogens is 648 g/mol. The maximum Gasteiger partial charge on any atom is 0.306 e. The second-order valence-corrected chi connectivity index (χ2v) is 15.0. The third-order valence-electron chi connectivity index (χ3n) is 10.3. The Bertz CT molecular complexity index is 907. The quantitative estimate of drug-likeness (QED) is 0.0291. The van der Waals surface area contributed by atoms with Crippen LogP contribution in [0.1, 0.15) is 187 Å². The van der Waals surface area contributed by atoms with E-state index in [9.17, 15) is 34.8 Å². The smallest absolute Gasteiger partial charge is 0.306 e. The van der Waals surface area contributed by atoms with Gasteiger partial charge in [0, 0.05) is 43.9 Å². The van der Waals surface area contributed by atoms with Gasteiger partial charge in [-0.3, -0.25) is 14.4 Å². The lowest BCUT2D eigenvalue weighted by atomic mass is 9.87. The van der Waals surface area contributed by atoms with Crippen LogP contribution in [0.15, 0.2) is 12.2 Å². The zero-order chi connectivity index (χ0) is 37.5. The van der Waals surface area contributed by atoms with Crippen LogP contribution in [0.25, 0.3) is 0 Å². The molecule has 0 aromatic rings. The van der Waals surface area contributed by atoms with E-state index in [1.165, 1.54) is 83.5 Å². The van der Waals surface area contributed by atoms with Crippen molar-refractivity contribution in [3.63, 3.8) is 0 Å². The molecule has 0 radical (unpaired) electrons. The molecule has 0 saturated heterocycles. The average molecular weight is 725 g/mol. The molecule has 0 spiro atoms. The van der Waals surface area contributed by atoms with E-state index in [2.05, 4.69) is 13.8 Å². The lowest BCUT2D eigenvalue weighted by molar-refractivity contribution is -0.161. The van der Waals surface area contributed by atoms with Gasteiger partial charge in [0.05, 0.1) is 24.9 Å². The Balaban J connectivity index is 2.11. The fraction of sp³-hybridized carbons (Fsp3) is 0.881. The van der Waals surface area contributed by atoms with Crippen LogP contribution in [0.4, 0.5) is 0 Å². The van der Waals surface area contributed by atoms with Crippen molar-refractivity contribution >= 4 is 17.7 Å². The summed E-state index contributed by atoms with van der Waals surface area (Å²) < 4.78 is 10.5. The average Bonchev–Trinajstić information content (AvgIpc) is 3.37. The molecule has 1 fully saturated rings. The van der Waals surface area contributed by atoms with E-state index in [1.807, 2.05) is 0 Å². The first-order valence-electron chi connectivity index (χ1n) is 20.9. The SMILES string of the molecule is CCCCCCCCCCCCCCCCCCC(=O)OC[C@H](CO)OC(=O)CCCCC(=O)C[C@@H]1[C@@H](/C=C/[C@@H](O)CCCCC)[C@H](O)C[C@@H]1O. The van der Waals surface area contributed by atoms with Crippen molar-refractivity contribution < 1.29 is 44.3 Å². The van der Waals surface area contributed by atoms with Crippen molar-refractivity contribution in [2.24, 2.45) is 11.8 Å². The molecule has 1 aliphatic carbocycles. The van der Waals surface area contributed by atoms with Crippen LogP contribution in [0.5, 0.6) is 0 Å². The molecule has 0 heterocycles. The summed E-state index contributed by atoms with van der Waals surface area (Å²) in [6, 6.07) is 0. The number of ketones is 1.